The number of aromatic nitrogens is 2. The van der Waals surface area contributed by atoms with Gasteiger partial charge in [0.05, 0.1) is 6.04 Å². The first-order chi connectivity index (χ1) is 9.20. The van der Waals surface area contributed by atoms with Crippen molar-refractivity contribution in [3.63, 3.8) is 0 Å². The topological polar surface area (TPSA) is 46.9 Å². The van der Waals surface area contributed by atoms with Crippen LogP contribution in [0, 0.1) is 12.8 Å². The van der Waals surface area contributed by atoms with Gasteiger partial charge in [0, 0.05) is 11.8 Å². The van der Waals surface area contributed by atoms with Crippen LogP contribution in [-0.4, -0.2) is 28.0 Å². The van der Waals surface area contributed by atoms with Crippen LogP contribution in [0.4, 0.5) is 23.4 Å². The lowest BCUT2D eigenvalue weighted by atomic mass is 10.2. The number of aryl methyl sites for hydroxylation is 1. The van der Waals surface area contributed by atoms with Gasteiger partial charge in [-0.15, -0.1) is 0 Å². The van der Waals surface area contributed by atoms with E-state index < -0.39 is 18.3 Å². The van der Waals surface area contributed by atoms with Gasteiger partial charge in [-0.3, -0.25) is 9.48 Å². The first-order valence-electron chi connectivity index (χ1n) is 6.28. The Hall–Kier alpha value is -1.60. The fourth-order valence-corrected chi connectivity index (χ4v) is 2.08. The number of hydrogen-bond donors (Lipinski definition) is 1. The van der Waals surface area contributed by atoms with Crippen LogP contribution < -0.4 is 5.32 Å². The van der Waals surface area contributed by atoms with Gasteiger partial charge in [0.25, 0.3) is 12.1 Å². The molecule has 0 radical (unpaired) electrons. The van der Waals surface area contributed by atoms with E-state index in [9.17, 15) is 22.4 Å². The number of hydrogen-bond acceptors (Lipinski definition) is 2. The van der Waals surface area contributed by atoms with Crippen molar-refractivity contribution < 1.29 is 22.4 Å². The molecule has 0 bridgehead atoms. The van der Waals surface area contributed by atoms with Gasteiger partial charge in [-0.05, 0) is 32.6 Å². The molecule has 8 heteroatoms. The minimum Gasteiger partial charge on any atom is -0.306 e. The number of halogens is 4. The first kappa shape index (κ1) is 14.8. The van der Waals surface area contributed by atoms with Crippen molar-refractivity contribution in [3.8, 4) is 0 Å². The molecule has 1 aliphatic rings. The molecule has 0 spiro atoms. The summed E-state index contributed by atoms with van der Waals surface area (Å²) in [6, 6.07) is 1.55. The van der Waals surface area contributed by atoms with Crippen molar-refractivity contribution in [2.75, 3.05) is 5.32 Å². The summed E-state index contributed by atoms with van der Waals surface area (Å²) in [5.74, 6) is -1.31. The van der Waals surface area contributed by atoms with Gasteiger partial charge >= 0.3 is 6.18 Å². The monoisotopic (exact) mass is 293 g/mol. The van der Waals surface area contributed by atoms with Crippen molar-refractivity contribution >= 4 is 11.7 Å². The van der Waals surface area contributed by atoms with Crippen molar-refractivity contribution in [3.05, 3.63) is 11.8 Å². The van der Waals surface area contributed by atoms with Crippen molar-refractivity contribution in [2.24, 2.45) is 5.92 Å². The average molecular weight is 293 g/mol. The maximum Gasteiger partial charge on any atom is 0.428 e. The molecular formula is C12H15F4N3O. The molecule has 1 aliphatic carbocycles. The van der Waals surface area contributed by atoms with E-state index in [1.54, 1.807) is 11.6 Å². The summed E-state index contributed by atoms with van der Waals surface area (Å²) in [4.78, 5) is 11.1. The molecule has 1 fully saturated rings. The van der Waals surface area contributed by atoms with E-state index in [1.165, 1.54) is 6.07 Å². The molecule has 0 aliphatic heterocycles. The Labute approximate surface area is 113 Å². The lowest BCUT2D eigenvalue weighted by molar-refractivity contribution is -0.183. The van der Waals surface area contributed by atoms with Gasteiger partial charge in [-0.25, -0.2) is 4.39 Å². The summed E-state index contributed by atoms with van der Waals surface area (Å²) in [7, 11) is 0. The lowest BCUT2D eigenvalue weighted by Gasteiger charge is -2.13. The molecule has 2 unspecified atom stereocenters. The number of alkyl halides is 4. The highest BCUT2D eigenvalue weighted by atomic mass is 19.4. The highest BCUT2D eigenvalue weighted by Crippen LogP contribution is 2.39. The number of nitrogens with one attached hydrogen (secondary N) is 1. The summed E-state index contributed by atoms with van der Waals surface area (Å²) in [5.41, 5.74) is 0.710. The van der Waals surface area contributed by atoms with Crippen LogP contribution in [0.3, 0.4) is 0 Å². The van der Waals surface area contributed by atoms with Gasteiger partial charge < -0.3 is 5.32 Å². The van der Waals surface area contributed by atoms with Crippen LogP contribution in [0.25, 0.3) is 0 Å². The largest absolute Gasteiger partial charge is 0.428 e. The van der Waals surface area contributed by atoms with Crippen LogP contribution in [0.1, 0.15) is 31.5 Å². The third-order valence-corrected chi connectivity index (χ3v) is 3.38. The van der Waals surface area contributed by atoms with Crippen LogP contribution in [0.5, 0.6) is 0 Å². The summed E-state index contributed by atoms with van der Waals surface area (Å²) < 4.78 is 50.7. The van der Waals surface area contributed by atoms with Gasteiger partial charge in [0.2, 0.25) is 0 Å². The van der Waals surface area contributed by atoms with E-state index in [1.807, 2.05) is 12.2 Å². The minimum absolute atomic E-state index is 0.0631. The summed E-state index contributed by atoms with van der Waals surface area (Å²) >= 11 is 0. The molecular weight excluding hydrogens is 278 g/mol. The smallest absolute Gasteiger partial charge is 0.306 e. The van der Waals surface area contributed by atoms with Crippen LogP contribution in [0.2, 0.25) is 0 Å². The number of carbonyl (C=O) groups is 1. The van der Waals surface area contributed by atoms with Gasteiger partial charge in [0.15, 0.2) is 5.82 Å². The van der Waals surface area contributed by atoms with Crippen molar-refractivity contribution in [1.82, 2.24) is 9.78 Å². The Morgan fingerprint density at radius 2 is 2.10 bits per heavy atom. The third-order valence-electron chi connectivity index (χ3n) is 3.38. The third kappa shape index (κ3) is 3.10. The van der Waals surface area contributed by atoms with Gasteiger partial charge in [0.1, 0.15) is 0 Å². The van der Waals surface area contributed by atoms with Crippen molar-refractivity contribution in [2.45, 2.75) is 45.1 Å². The normalized spacial score (nSPS) is 18.7. The molecule has 4 nitrogen and oxygen atoms in total. The quantitative estimate of drug-likeness (QED) is 0.867. The molecule has 1 saturated carbocycles. The molecule has 2 atom stereocenters. The van der Waals surface area contributed by atoms with Gasteiger partial charge in [-0.2, -0.15) is 18.3 Å². The molecule has 112 valence electrons. The van der Waals surface area contributed by atoms with E-state index in [2.05, 4.69) is 5.10 Å². The number of amides is 1. The summed E-state index contributed by atoms with van der Waals surface area (Å²) in [6.07, 6.45) is -6.58. The summed E-state index contributed by atoms with van der Waals surface area (Å²) in [5, 5.41) is 5.88. The second-order valence-corrected chi connectivity index (χ2v) is 5.09. The molecule has 0 aromatic carbocycles. The lowest BCUT2D eigenvalue weighted by Crippen LogP contribution is -2.36. The van der Waals surface area contributed by atoms with Crippen LogP contribution >= 0.6 is 0 Å². The molecule has 1 aromatic rings. The van der Waals surface area contributed by atoms with E-state index in [0.29, 0.717) is 11.6 Å². The standard InChI is InChI=1S/C12H15F4N3O/c1-6-5-9(17-11(20)10(13)12(14,15)16)18-19(6)7(2)8-3-4-8/h5,7-8,10H,3-4H2,1-2H3,(H,17,18,20). The highest BCUT2D eigenvalue weighted by Gasteiger charge is 2.45. The second-order valence-electron chi connectivity index (χ2n) is 5.09. The Balaban J connectivity index is 2.07. The van der Waals surface area contributed by atoms with Crippen molar-refractivity contribution in [1.29, 1.82) is 0 Å². The average Bonchev–Trinajstić information content (AvgIpc) is 3.11. The van der Waals surface area contributed by atoms with E-state index in [4.69, 9.17) is 0 Å². The maximum absolute atomic E-state index is 12.8. The number of nitrogens with zero attached hydrogens (tertiary/aromatic N) is 2. The zero-order valence-corrected chi connectivity index (χ0v) is 11.0. The van der Waals surface area contributed by atoms with E-state index >= 15 is 0 Å². The Bertz CT molecular complexity index is 507. The fourth-order valence-electron chi connectivity index (χ4n) is 2.08. The predicted octanol–water partition coefficient (Wildman–Crippen LogP) is 3.00. The predicted molar refractivity (Wildman–Crippen MR) is 64.0 cm³/mol. The Kier molecular flexibility index (Phi) is 3.75. The zero-order chi connectivity index (χ0) is 15.1. The number of rotatable bonds is 4. The first-order valence-corrected chi connectivity index (χ1v) is 6.28. The molecule has 1 aromatic heterocycles. The van der Waals surface area contributed by atoms with E-state index in [-0.39, 0.29) is 11.9 Å². The molecule has 2 rings (SSSR count). The Morgan fingerprint density at radius 1 is 1.50 bits per heavy atom. The van der Waals surface area contributed by atoms with Crippen LogP contribution in [0.15, 0.2) is 6.07 Å². The minimum atomic E-state index is -5.21. The molecule has 1 N–H and O–H groups in total. The summed E-state index contributed by atoms with van der Waals surface area (Å²) in [6.45, 7) is 3.69. The van der Waals surface area contributed by atoms with Gasteiger partial charge in [-0.1, -0.05) is 0 Å². The molecule has 1 heterocycles. The maximum atomic E-state index is 12.8. The molecule has 1 amide bonds. The zero-order valence-electron chi connectivity index (χ0n) is 11.0. The van der Waals surface area contributed by atoms with E-state index in [0.717, 1.165) is 12.8 Å². The SMILES string of the molecule is Cc1cc(NC(=O)C(F)C(F)(F)F)nn1C(C)C1CC1. The van der Waals surface area contributed by atoms with Crippen LogP contribution in [-0.2, 0) is 4.79 Å². The molecule has 0 saturated heterocycles. The fraction of sp³-hybridized carbons (Fsp3) is 0.667. The number of anilines is 1. The Morgan fingerprint density at radius 3 is 2.60 bits per heavy atom. The molecule has 20 heavy (non-hydrogen) atoms. The number of carbonyl (C=O) groups excluding carboxylic acids is 1. The highest BCUT2D eigenvalue weighted by molar-refractivity contribution is 5.93. The second kappa shape index (κ2) is 5.06.